The minimum absolute atomic E-state index is 0.940. The van der Waals surface area contributed by atoms with Gasteiger partial charge in [-0.3, -0.25) is 0 Å². The minimum Gasteiger partial charge on any atom is -0.309 e. The second kappa shape index (κ2) is 7.14. The molecule has 2 heterocycles. The van der Waals surface area contributed by atoms with Gasteiger partial charge >= 0.3 is 0 Å². The van der Waals surface area contributed by atoms with E-state index in [2.05, 4.69) is 79.9 Å². The molecule has 0 saturated carbocycles. The molecular formula is C20H22BBr3N+. The molecule has 0 N–H and O–H groups in total. The normalized spacial score (nSPS) is 17.1. The van der Waals surface area contributed by atoms with Crippen LogP contribution in [-0.2, 0) is 48.5 Å². The molecule has 0 aromatic heterocycles. The second-order valence-corrected chi connectivity index (χ2v) is 9.19. The topological polar surface area (TPSA) is 0 Å². The van der Waals surface area contributed by atoms with E-state index in [1.807, 2.05) is 0 Å². The summed E-state index contributed by atoms with van der Waals surface area (Å²) in [7, 11) is 2.27. The van der Waals surface area contributed by atoms with Crippen LogP contribution < -0.4 is 0 Å². The highest BCUT2D eigenvalue weighted by Gasteiger charge is 2.42. The summed E-state index contributed by atoms with van der Waals surface area (Å²) in [5.74, 6) is 0. The van der Waals surface area contributed by atoms with Crippen molar-refractivity contribution < 1.29 is 4.48 Å². The van der Waals surface area contributed by atoms with Crippen molar-refractivity contribution in [3.63, 3.8) is 0 Å². The van der Waals surface area contributed by atoms with Gasteiger partial charge in [0.2, 0.25) is 0 Å². The Morgan fingerprint density at radius 1 is 0.640 bits per heavy atom. The van der Waals surface area contributed by atoms with Crippen LogP contribution in [0.3, 0.4) is 0 Å². The first kappa shape index (κ1) is 18.3. The van der Waals surface area contributed by atoms with Crippen LogP contribution in [0.2, 0.25) is 0 Å². The summed E-state index contributed by atoms with van der Waals surface area (Å²) in [6.45, 7) is 4.73. The third-order valence-corrected chi connectivity index (χ3v) is 7.69. The van der Waals surface area contributed by atoms with Crippen molar-refractivity contribution in [3.05, 3.63) is 68.8 Å². The molecule has 2 aromatic carbocycles. The Hall–Kier alpha value is -0.0951. The van der Waals surface area contributed by atoms with E-state index in [0.717, 1.165) is 22.3 Å². The molecule has 2 aliphatic heterocycles. The van der Waals surface area contributed by atoms with Gasteiger partial charge in [0.15, 0.2) is 0 Å². The van der Waals surface area contributed by atoms with Crippen molar-refractivity contribution in [2.45, 2.75) is 48.5 Å². The van der Waals surface area contributed by atoms with E-state index in [1.54, 1.807) is 22.3 Å². The van der Waals surface area contributed by atoms with Crippen molar-refractivity contribution in [2.24, 2.45) is 0 Å². The van der Waals surface area contributed by atoms with Crippen molar-refractivity contribution >= 4 is 55.6 Å². The molecule has 1 spiro atoms. The molecule has 2 aromatic rings. The van der Waals surface area contributed by atoms with Crippen LogP contribution in [-0.4, -0.2) is 12.3 Å². The number of benzene rings is 2. The summed E-state index contributed by atoms with van der Waals surface area (Å²) in [5.41, 5.74) is 12.1. The maximum Gasteiger partial charge on any atom is 0.107 e. The molecule has 0 unspecified atom stereocenters. The molecule has 0 amide bonds. The van der Waals surface area contributed by atoms with Crippen molar-refractivity contribution in [1.29, 1.82) is 0 Å². The van der Waals surface area contributed by atoms with Gasteiger partial charge in [0, 0.05) is 38.2 Å². The average molecular weight is 527 g/mol. The molecule has 130 valence electrons. The van der Waals surface area contributed by atoms with Gasteiger partial charge in [0.25, 0.3) is 0 Å². The van der Waals surface area contributed by atoms with E-state index in [1.165, 1.54) is 52.9 Å². The fraction of sp³-hybridized carbons (Fsp3) is 0.400. The Morgan fingerprint density at radius 3 is 1.28 bits per heavy atom. The van der Waals surface area contributed by atoms with Crippen LogP contribution in [0, 0.1) is 0 Å². The molecule has 4 rings (SSSR count). The van der Waals surface area contributed by atoms with Gasteiger partial charge in [-0.2, -0.15) is 0 Å². The van der Waals surface area contributed by atoms with Gasteiger partial charge in [-0.15, -0.1) is 0 Å². The lowest BCUT2D eigenvalue weighted by molar-refractivity contribution is -0.966. The number of quaternary nitrogens is 1. The number of fused-ring (bicyclic) bond motifs is 2. The maximum atomic E-state index is 3.67. The predicted molar refractivity (Wildman–Crippen MR) is 118 cm³/mol. The van der Waals surface area contributed by atoms with Crippen molar-refractivity contribution in [1.82, 2.24) is 0 Å². The van der Waals surface area contributed by atoms with E-state index in [0.29, 0.717) is 0 Å². The Bertz CT molecular complexity index is 695. The lowest BCUT2D eigenvalue weighted by Crippen LogP contribution is -2.36. The van der Waals surface area contributed by atoms with Crippen LogP contribution in [0.1, 0.15) is 44.5 Å². The van der Waals surface area contributed by atoms with Gasteiger partial charge in [-0.1, -0.05) is 65.7 Å². The molecule has 0 saturated heterocycles. The maximum absolute atomic E-state index is 3.67. The Morgan fingerprint density at radius 2 is 0.960 bits per heavy atom. The van der Waals surface area contributed by atoms with Crippen molar-refractivity contribution in [2.75, 3.05) is 0 Å². The largest absolute Gasteiger partial charge is 0.309 e. The summed E-state index contributed by atoms with van der Waals surface area (Å²) in [6, 6.07) is 9.83. The standard InChI is InChI=1S/C20H22BBr3N/c21-5-13-1-17-9-25(10-18(17)2-14(13)6-22)11-19-3-15(7-23)16(8-24)4-20(19)12-25/h1-4H,5-12,21H2/q+1. The number of halogens is 3. The molecular weight excluding hydrogens is 505 g/mol. The van der Waals surface area contributed by atoms with E-state index in [-0.39, 0.29) is 0 Å². The summed E-state index contributed by atoms with van der Waals surface area (Å²) >= 11 is 11.0. The third kappa shape index (κ3) is 3.20. The zero-order valence-electron chi connectivity index (χ0n) is 14.5. The highest BCUT2D eigenvalue weighted by atomic mass is 79.9. The van der Waals surface area contributed by atoms with Gasteiger partial charge in [-0.05, 0) is 34.9 Å². The van der Waals surface area contributed by atoms with Crippen LogP contribution in [0.25, 0.3) is 0 Å². The molecule has 0 atom stereocenters. The van der Waals surface area contributed by atoms with Crippen LogP contribution in [0.4, 0.5) is 0 Å². The smallest absolute Gasteiger partial charge is 0.107 e. The first-order chi connectivity index (χ1) is 12.1. The number of alkyl halides is 3. The molecule has 1 nitrogen and oxygen atoms in total. The minimum atomic E-state index is 0.940. The van der Waals surface area contributed by atoms with Gasteiger partial charge < -0.3 is 4.48 Å². The zero-order chi connectivity index (χ0) is 17.6. The fourth-order valence-corrected chi connectivity index (χ4v) is 6.22. The molecule has 0 fully saturated rings. The monoisotopic (exact) mass is 524 g/mol. The van der Waals surface area contributed by atoms with Gasteiger partial charge in [0.05, 0.1) is 0 Å². The Balaban J connectivity index is 1.67. The van der Waals surface area contributed by atoms with Crippen LogP contribution in [0.5, 0.6) is 0 Å². The molecule has 0 radical (unpaired) electrons. The first-order valence-electron chi connectivity index (χ1n) is 8.91. The zero-order valence-corrected chi connectivity index (χ0v) is 19.3. The molecule has 2 aliphatic rings. The third-order valence-electron chi connectivity index (χ3n) is 5.88. The predicted octanol–water partition coefficient (Wildman–Crippen LogP) is 5.05. The highest BCUT2D eigenvalue weighted by Crippen LogP contribution is 2.42. The van der Waals surface area contributed by atoms with E-state index >= 15 is 0 Å². The second-order valence-electron chi connectivity index (χ2n) is 7.51. The quantitative estimate of drug-likeness (QED) is 0.297. The van der Waals surface area contributed by atoms with Crippen LogP contribution in [0.15, 0.2) is 24.3 Å². The van der Waals surface area contributed by atoms with Crippen LogP contribution >= 0.6 is 47.8 Å². The average Bonchev–Trinajstić information content (AvgIpc) is 3.15. The molecule has 0 aliphatic carbocycles. The lowest BCUT2D eigenvalue weighted by atomic mass is 9.91. The first-order valence-corrected chi connectivity index (χ1v) is 12.3. The number of hydrogen-bond acceptors (Lipinski definition) is 0. The van der Waals surface area contributed by atoms with E-state index < -0.39 is 0 Å². The summed E-state index contributed by atoms with van der Waals surface area (Å²) in [4.78, 5) is 0. The fourth-order valence-electron chi connectivity index (χ4n) is 4.65. The molecule has 0 bridgehead atoms. The summed E-state index contributed by atoms with van der Waals surface area (Å²) in [6.07, 6.45) is 1.12. The summed E-state index contributed by atoms with van der Waals surface area (Å²) < 4.78 is 1.19. The number of nitrogens with zero attached hydrogens (tertiary/aromatic N) is 1. The molecule has 5 heteroatoms. The number of rotatable bonds is 4. The summed E-state index contributed by atoms with van der Waals surface area (Å²) in [5, 5.41) is 2.85. The van der Waals surface area contributed by atoms with Gasteiger partial charge in [-0.25, -0.2) is 0 Å². The van der Waals surface area contributed by atoms with Gasteiger partial charge in [0.1, 0.15) is 34.0 Å². The van der Waals surface area contributed by atoms with E-state index in [4.69, 9.17) is 0 Å². The highest BCUT2D eigenvalue weighted by molar-refractivity contribution is 9.09. The van der Waals surface area contributed by atoms with E-state index in [9.17, 15) is 0 Å². The van der Waals surface area contributed by atoms with Crippen molar-refractivity contribution in [3.8, 4) is 0 Å². The number of hydrogen-bond donors (Lipinski definition) is 0. The molecule has 25 heavy (non-hydrogen) atoms. The Kier molecular flexibility index (Phi) is 5.22. The SMILES string of the molecule is BCc1cc2c(cc1CBr)C[N+]1(C2)Cc2cc(CBr)c(CBr)cc2C1. The lowest BCUT2D eigenvalue weighted by Gasteiger charge is -2.28. The Labute approximate surface area is 176 Å².